The van der Waals surface area contributed by atoms with E-state index in [0.717, 1.165) is 24.3 Å². The standard InChI is InChI=1S/C21H28N2O4S/c1-15(2)19-14-21(16(3)13-20(19)26-4)28(24,25)22-17-5-7-18(8-6-17)23-9-11-27-12-10-23/h5-8,13-15,22H,9-12H2,1-4H3. The highest BCUT2D eigenvalue weighted by Crippen LogP contribution is 2.32. The molecule has 1 aliphatic heterocycles. The lowest BCUT2D eigenvalue weighted by Gasteiger charge is -2.28. The van der Waals surface area contributed by atoms with Crippen molar-refractivity contribution < 1.29 is 17.9 Å². The lowest BCUT2D eigenvalue weighted by atomic mass is 10.0. The minimum atomic E-state index is -3.70. The van der Waals surface area contributed by atoms with E-state index in [1.807, 2.05) is 26.0 Å². The number of rotatable bonds is 6. The number of nitrogens with zero attached hydrogens (tertiary/aromatic N) is 1. The van der Waals surface area contributed by atoms with Crippen molar-refractivity contribution in [2.75, 3.05) is 43.0 Å². The molecule has 0 amide bonds. The summed E-state index contributed by atoms with van der Waals surface area (Å²) in [5.74, 6) is 0.860. The van der Waals surface area contributed by atoms with Crippen LogP contribution in [0.2, 0.25) is 0 Å². The van der Waals surface area contributed by atoms with Crippen molar-refractivity contribution in [2.45, 2.75) is 31.6 Å². The van der Waals surface area contributed by atoms with Crippen molar-refractivity contribution in [2.24, 2.45) is 0 Å². The van der Waals surface area contributed by atoms with Gasteiger partial charge in [0.1, 0.15) is 5.75 Å². The highest BCUT2D eigenvalue weighted by Gasteiger charge is 2.21. The molecule has 3 rings (SSSR count). The second kappa shape index (κ2) is 8.41. The van der Waals surface area contributed by atoms with E-state index in [2.05, 4.69) is 9.62 Å². The maximum atomic E-state index is 13.0. The lowest BCUT2D eigenvalue weighted by Crippen LogP contribution is -2.36. The third kappa shape index (κ3) is 4.42. The van der Waals surface area contributed by atoms with Gasteiger partial charge in [0.05, 0.1) is 25.2 Å². The van der Waals surface area contributed by atoms with Gasteiger partial charge in [-0.2, -0.15) is 0 Å². The Kier molecular flexibility index (Phi) is 6.15. The molecule has 0 aliphatic carbocycles. The minimum Gasteiger partial charge on any atom is -0.496 e. The van der Waals surface area contributed by atoms with Crippen LogP contribution in [0.3, 0.4) is 0 Å². The molecule has 0 spiro atoms. The van der Waals surface area contributed by atoms with Crippen LogP contribution in [-0.4, -0.2) is 41.8 Å². The van der Waals surface area contributed by atoms with E-state index in [4.69, 9.17) is 9.47 Å². The van der Waals surface area contributed by atoms with Crippen molar-refractivity contribution in [3.8, 4) is 5.75 Å². The summed E-state index contributed by atoms with van der Waals surface area (Å²) in [6, 6.07) is 11.0. The molecular weight excluding hydrogens is 376 g/mol. The fraction of sp³-hybridized carbons (Fsp3) is 0.429. The van der Waals surface area contributed by atoms with Gasteiger partial charge in [-0.05, 0) is 60.4 Å². The van der Waals surface area contributed by atoms with Gasteiger partial charge in [-0.1, -0.05) is 13.8 Å². The van der Waals surface area contributed by atoms with Gasteiger partial charge in [-0.15, -0.1) is 0 Å². The minimum absolute atomic E-state index is 0.150. The Hall–Kier alpha value is -2.25. The summed E-state index contributed by atoms with van der Waals surface area (Å²) in [5.41, 5.74) is 3.13. The Morgan fingerprint density at radius 2 is 1.75 bits per heavy atom. The van der Waals surface area contributed by atoms with E-state index in [0.29, 0.717) is 30.2 Å². The van der Waals surface area contributed by atoms with Crippen LogP contribution >= 0.6 is 0 Å². The molecule has 0 atom stereocenters. The van der Waals surface area contributed by atoms with Crippen LogP contribution in [0, 0.1) is 6.92 Å². The molecule has 0 radical (unpaired) electrons. The predicted molar refractivity (Wildman–Crippen MR) is 112 cm³/mol. The molecule has 1 heterocycles. The third-order valence-corrected chi connectivity index (χ3v) is 6.46. The van der Waals surface area contributed by atoms with Gasteiger partial charge in [-0.25, -0.2) is 8.42 Å². The monoisotopic (exact) mass is 404 g/mol. The number of hydrogen-bond acceptors (Lipinski definition) is 5. The summed E-state index contributed by atoms with van der Waals surface area (Å²) in [6.45, 7) is 8.92. The number of aryl methyl sites for hydroxylation is 1. The summed E-state index contributed by atoms with van der Waals surface area (Å²) in [6.07, 6.45) is 0. The van der Waals surface area contributed by atoms with Gasteiger partial charge >= 0.3 is 0 Å². The van der Waals surface area contributed by atoms with E-state index in [1.165, 1.54) is 0 Å². The zero-order valence-electron chi connectivity index (χ0n) is 16.9. The van der Waals surface area contributed by atoms with Crippen LogP contribution in [0.4, 0.5) is 11.4 Å². The molecule has 1 fully saturated rings. The van der Waals surface area contributed by atoms with Gasteiger partial charge in [0.25, 0.3) is 10.0 Å². The van der Waals surface area contributed by atoms with Gasteiger partial charge in [0.2, 0.25) is 0 Å². The Morgan fingerprint density at radius 1 is 1.11 bits per heavy atom. The van der Waals surface area contributed by atoms with Crippen molar-refractivity contribution in [3.63, 3.8) is 0 Å². The molecule has 28 heavy (non-hydrogen) atoms. The van der Waals surface area contributed by atoms with E-state index in [-0.39, 0.29) is 10.8 Å². The molecule has 0 bridgehead atoms. The second-order valence-corrected chi connectivity index (χ2v) is 8.92. The first-order valence-corrected chi connectivity index (χ1v) is 10.9. The van der Waals surface area contributed by atoms with E-state index in [1.54, 1.807) is 38.3 Å². The number of sulfonamides is 1. The summed E-state index contributed by atoms with van der Waals surface area (Å²) < 4.78 is 39.5. The molecule has 1 saturated heterocycles. The van der Waals surface area contributed by atoms with Crippen LogP contribution in [0.1, 0.15) is 30.9 Å². The summed E-state index contributed by atoms with van der Waals surface area (Å²) >= 11 is 0. The lowest BCUT2D eigenvalue weighted by molar-refractivity contribution is 0.122. The van der Waals surface area contributed by atoms with Gasteiger partial charge in [0, 0.05) is 24.5 Å². The number of ether oxygens (including phenoxy) is 2. The molecule has 7 heteroatoms. The molecular formula is C21H28N2O4S. The first-order valence-electron chi connectivity index (χ1n) is 9.46. The number of hydrogen-bond donors (Lipinski definition) is 1. The van der Waals surface area contributed by atoms with Crippen molar-refractivity contribution >= 4 is 21.4 Å². The summed E-state index contributed by atoms with van der Waals surface area (Å²) in [7, 11) is -2.10. The van der Waals surface area contributed by atoms with Crippen molar-refractivity contribution in [1.82, 2.24) is 0 Å². The Bertz CT molecular complexity index is 918. The fourth-order valence-corrected chi connectivity index (χ4v) is 4.69. The first-order chi connectivity index (χ1) is 13.3. The molecule has 152 valence electrons. The third-order valence-electron chi connectivity index (χ3n) is 4.93. The maximum absolute atomic E-state index is 13.0. The number of nitrogens with one attached hydrogen (secondary N) is 1. The van der Waals surface area contributed by atoms with E-state index < -0.39 is 10.0 Å². The zero-order chi connectivity index (χ0) is 20.3. The van der Waals surface area contributed by atoms with Crippen molar-refractivity contribution in [3.05, 3.63) is 47.5 Å². The molecule has 0 aromatic heterocycles. The molecule has 2 aromatic carbocycles. The summed E-state index contributed by atoms with van der Waals surface area (Å²) in [4.78, 5) is 2.50. The smallest absolute Gasteiger partial charge is 0.262 e. The molecule has 1 N–H and O–H groups in total. The van der Waals surface area contributed by atoms with Gasteiger partial charge in [0.15, 0.2) is 0 Å². The van der Waals surface area contributed by atoms with Gasteiger partial charge < -0.3 is 14.4 Å². The van der Waals surface area contributed by atoms with Crippen LogP contribution in [-0.2, 0) is 14.8 Å². The number of anilines is 2. The predicted octanol–water partition coefficient (Wildman–Crippen LogP) is 3.76. The molecule has 2 aromatic rings. The SMILES string of the molecule is COc1cc(C)c(S(=O)(=O)Nc2ccc(N3CCOCC3)cc2)cc1C(C)C. The highest BCUT2D eigenvalue weighted by molar-refractivity contribution is 7.92. The Labute approximate surface area is 167 Å². The first kappa shape index (κ1) is 20.5. The highest BCUT2D eigenvalue weighted by atomic mass is 32.2. The van der Waals surface area contributed by atoms with Crippen LogP contribution < -0.4 is 14.4 Å². The van der Waals surface area contributed by atoms with Crippen LogP contribution in [0.5, 0.6) is 5.75 Å². The molecule has 1 aliphatic rings. The van der Waals surface area contributed by atoms with Gasteiger partial charge in [-0.3, -0.25) is 4.72 Å². The van der Waals surface area contributed by atoms with E-state index in [9.17, 15) is 8.42 Å². The van der Waals surface area contributed by atoms with Crippen LogP contribution in [0.25, 0.3) is 0 Å². The van der Waals surface area contributed by atoms with Crippen LogP contribution in [0.15, 0.2) is 41.3 Å². The maximum Gasteiger partial charge on any atom is 0.262 e. The quantitative estimate of drug-likeness (QED) is 0.794. The normalized spacial score (nSPS) is 15.0. The molecule has 6 nitrogen and oxygen atoms in total. The van der Waals surface area contributed by atoms with E-state index >= 15 is 0 Å². The summed E-state index contributed by atoms with van der Waals surface area (Å²) in [5, 5.41) is 0. The largest absolute Gasteiger partial charge is 0.496 e. The van der Waals surface area contributed by atoms with Crippen molar-refractivity contribution in [1.29, 1.82) is 0 Å². The topological polar surface area (TPSA) is 67.9 Å². The second-order valence-electron chi connectivity index (χ2n) is 7.27. The Morgan fingerprint density at radius 3 is 2.32 bits per heavy atom. The average Bonchev–Trinajstić information content (AvgIpc) is 2.68. The fourth-order valence-electron chi connectivity index (χ4n) is 3.37. The number of methoxy groups -OCH3 is 1. The average molecular weight is 405 g/mol. The number of benzene rings is 2. The Balaban J connectivity index is 1.84. The molecule has 0 unspecified atom stereocenters. The zero-order valence-corrected chi connectivity index (χ0v) is 17.7. The molecule has 0 saturated carbocycles. The number of morpholine rings is 1.